The number of nitrogens with zero attached hydrogens (tertiary/aromatic N) is 3. The van der Waals surface area contributed by atoms with Gasteiger partial charge < -0.3 is 15.1 Å². The van der Waals surface area contributed by atoms with Crippen LogP contribution in [0.25, 0.3) is 16.3 Å². The van der Waals surface area contributed by atoms with Gasteiger partial charge in [0, 0.05) is 37.9 Å². The maximum atomic E-state index is 12.4. The molecule has 1 fully saturated rings. The number of nitrogens with one attached hydrogen (secondary N) is 1. The molecule has 0 saturated carbocycles. The van der Waals surface area contributed by atoms with Crippen LogP contribution in [-0.4, -0.2) is 54.4 Å². The monoisotopic (exact) mass is 406 g/mol. The Labute approximate surface area is 173 Å². The fourth-order valence-corrected chi connectivity index (χ4v) is 4.16. The zero-order valence-electron chi connectivity index (χ0n) is 16.0. The van der Waals surface area contributed by atoms with Crippen molar-refractivity contribution in [1.82, 2.24) is 15.2 Å². The van der Waals surface area contributed by atoms with Crippen molar-refractivity contribution in [3.05, 3.63) is 65.7 Å². The van der Waals surface area contributed by atoms with Crippen molar-refractivity contribution >= 4 is 45.1 Å². The van der Waals surface area contributed by atoms with E-state index in [9.17, 15) is 9.59 Å². The zero-order valence-corrected chi connectivity index (χ0v) is 16.8. The standard InChI is InChI=1S/C22H22N4O2S/c27-20(10-11-21-24-18-8-4-5-9-19(18)29-21)23-16-22(28)26-14-12-25(13-15-26)17-6-2-1-3-7-17/h1-11H,12-16H2,(H,23,27)/b11-10+. The molecule has 1 aliphatic rings. The maximum Gasteiger partial charge on any atom is 0.244 e. The zero-order chi connectivity index (χ0) is 20.1. The first-order valence-electron chi connectivity index (χ1n) is 9.58. The fraction of sp³-hybridized carbons (Fsp3) is 0.227. The SMILES string of the molecule is O=C(/C=C/c1nc2ccccc2s1)NCC(=O)N1CCN(c2ccccc2)CC1. The van der Waals surface area contributed by atoms with E-state index in [2.05, 4.69) is 27.3 Å². The molecule has 4 rings (SSSR count). The van der Waals surface area contributed by atoms with Crippen LogP contribution in [0.5, 0.6) is 0 Å². The van der Waals surface area contributed by atoms with Crippen molar-refractivity contribution in [2.75, 3.05) is 37.6 Å². The van der Waals surface area contributed by atoms with E-state index in [4.69, 9.17) is 0 Å². The first kappa shape index (κ1) is 19.1. The van der Waals surface area contributed by atoms with Gasteiger partial charge in [-0.05, 0) is 30.3 Å². The van der Waals surface area contributed by atoms with Crippen LogP contribution in [0.1, 0.15) is 5.01 Å². The molecule has 7 heteroatoms. The Bertz CT molecular complexity index is 990. The van der Waals surface area contributed by atoms with Crippen LogP contribution in [0.4, 0.5) is 5.69 Å². The minimum Gasteiger partial charge on any atom is -0.368 e. The first-order valence-corrected chi connectivity index (χ1v) is 10.4. The van der Waals surface area contributed by atoms with Gasteiger partial charge in [0.1, 0.15) is 5.01 Å². The van der Waals surface area contributed by atoms with Crippen molar-refractivity contribution in [2.45, 2.75) is 0 Å². The van der Waals surface area contributed by atoms with Gasteiger partial charge in [-0.15, -0.1) is 11.3 Å². The molecule has 3 aromatic rings. The summed E-state index contributed by atoms with van der Waals surface area (Å²) >= 11 is 1.53. The molecule has 29 heavy (non-hydrogen) atoms. The molecule has 1 aliphatic heterocycles. The van der Waals surface area contributed by atoms with Gasteiger partial charge in [-0.2, -0.15) is 0 Å². The third-order valence-corrected chi connectivity index (χ3v) is 5.86. The summed E-state index contributed by atoms with van der Waals surface area (Å²) in [6.45, 7) is 2.91. The first-order chi connectivity index (χ1) is 14.2. The number of carbonyl (C=O) groups excluding carboxylic acids is 2. The van der Waals surface area contributed by atoms with Crippen LogP contribution in [0.15, 0.2) is 60.7 Å². The summed E-state index contributed by atoms with van der Waals surface area (Å²) in [5.41, 5.74) is 2.09. The molecule has 0 unspecified atom stereocenters. The van der Waals surface area contributed by atoms with E-state index in [1.54, 1.807) is 11.0 Å². The molecule has 1 saturated heterocycles. The number of hydrogen-bond acceptors (Lipinski definition) is 5. The van der Waals surface area contributed by atoms with Crippen LogP contribution in [0.2, 0.25) is 0 Å². The predicted molar refractivity (Wildman–Crippen MR) is 117 cm³/mol. The van der Waals surface area contributed by atoms with E-state index >= 15 is 0 Å². The van der Waals surface area contributed by atoms with Gasteiger partial charge in [-0.1, -0.05) is 30.3 Å². The van der Waals surface area contributed by atoms with Gasteiger partial charge in [0.05, 0.1) is 16.8 Å². The van der Waals surface area contributed by atoms with Crippen molar-refractivity contribution in [2.24, 2.45) is 0 Å². The number of amides is 2. The Balaban J connectivity index is 1.23. The van der Waals surface area contributed by atoms with Crippen molar-refractivity contribution in [3.63, 3.8) is 0 Å². The Hall–Kier alpha value is -3.19. The van der Waals surface area contributed by atoms with E-state index < -0.39 is 0 Å². The summed E-state index contributed by atoms with van der Waals surface area (Å²) in [6.07, 6.45) is 3.11. The van der Waals surface area contributed by atoms with Gasteiger partial charge >= 0.3 is 0 Å². The van der Waals surface area contributed by atoms with E-state index in [0.717, 1.165) is 28.3 Å². The van der Waals surface area contributed by atoms with Crippen LogP contribution in [-0.2, 0) is 9.59 Å². The molecule has 2 heterocycles. The minimum atomic E-state index is -0.291. The molecule has 0 bridgehead atoms. The number of fused-ring (bicyclic) bond motifs is 1. The molecule has 6 nitrogen and oxygen atoms in total. The molecule has 0 radical (unpaired) electrons. The molecule has 0 spiro atoms. The summed E-state index contributed by atoms with van der Waals surface area (Å²) in [6, 6.07) is 18.0. The van der Waals surface area contributed by atoms with Gasteiger partial charge in [0.25, 0.3) is 0 Å². The summed E-state index contributed by atoms with van der Waals surface area (Å²) in [5.74, 6) is -0.347. The topological polar surface area (TPSA) is 65.5 Å². The highest BCUT2D eigenvalue weighted by molar-refractivity contribution is 7.19. The molecular formula is C22H22N4O2S. The smallest absolute Gasteiger partial charge is 0.244 e. The number of piperazine rings is 1. The molecular weight excluding hydrogens is 384 g/mol. The Kier molecular flexibility index (Phi) is 5.86. The van der Waals surface area contributed by atoms with Crippen molar-refractivity contribution in [1.29, 1.82) is 0 Å². The summed E-state index contributed by atoms with van der Waals surface area (Å²) < 4.78 is 1.08. The van der Waals surface area contributed by atoms with Crippen molar-refractivity contribution < 1.29 is 9.59 Å². The maximum absolute atomic E-state index is 12.4. The highest BCUT2D eigenvalue weighted by atomic mass is 32.1. The second-order valence-corrected chi connectivity index (χ2v) is 7.84. The summed E-state index contributed by atoms with van der Waals surface area (Å²) in [5, 5.41) is 3.44. The number of carbonyl (C=O) groups is 2. The third kappa shape index (κ3) is 4.81. The van der Waals surface area contributed by atoms with Crippen LogP contribution < -0.4 is 10.2 Å². The third-order valence-electron chi connectivity index (χ3n) is 4.86. The summed E-state index contributed by atoms with van der Waals surface area (Å²) in [7, 11) is 0. The largest absolute Gasteiger partial charge is 0.368 e. The molecule has 2 aromatic carbocycles. The summed E-state index contributed by atoms with van der Waals surface area (Å²) in [4.78, 5) is 33.0. The van der Waals surface area contributed by atoms with Gasteiger partial charge in [-0.25, -0.2) is 4.98 Å². The van der Waals surface area contributed by atoms with Crippen LogP contribution >= 0.6 is 11.3 Å². The quantitative estimate of drug-likeness (QED) is 0.662. The second kappa shape index (κ2) is 8.87. The van der Waals surface area contributed by atoms with Crippen molar-refractivity contribution in [3.8, 4) is 0 Å². The molecule has 1 aromatic heterocycles. The lowest BCUT2D eigenvalue weighted by atomic mass is 10.2. The Morgan fingerprint density at radius 2 is 1.72 bits per heavy atom. The molecule has 0 atom stereocenters. The normalized spacial score (nSPS) is 14.5. The minimum absolute atomic E-state index is 0.00829. The number of rotatable bonds is 5. The number of hydrogen-bond donors (Lipinski definition) is 1. The number of benzene rings is 2. The molecule has 2 amide bonds. The number of thiazole rings is 1. The van der Waals surface area contributed by atoms with E-state index in [1.807, 2.05) is 42.5 Å². The number of para-hydroxylation sites is 2. The average molecular weight is 407 g/mol. The molecule has 0 aliphatic carbocycles. The van der Waals surface area contributed by atoms with Crippen LogP contribution in [0, 0.1) is 0 Å². The average Bonchev–Trinajstić information content (AvgIpc) is 3.20. The van der Waals surface area contributed by atoms with Gasteiger partial charge in [0.2, 0.25) is 11.8 Å². The molecule has 148 valence electrons. The predicted octanol–water partition coefficient (Wildman–Crippen LogP) is 2.77. The van der Waals surface area contributed by atoms with E-state index in [0.29, 0.717) is 13.1 Å². The molecule has 1 N–H and O–H groups in total. The van der Waals surface area contributed by atoms with E-state index in [-0.39, 0.29) is 18.4 Å². The Morgan fingerprint density at radius 3 is 2.48 bits per heavy atom. The fourth-order valence-electron chi connectivity index (χ4n) is 3.29. The van der Waals surface area contributed by atoms with Crippen LogP contribution in [0.3, 0.4) is 0 Å². The van der Waals surface area contributed by atoms with Gasteiger partial charge in [-0.3, -0.25) is 9.59 Å². The van der Waals surface area contributed by atoms with Gasteiger partial charge in [0.15, 0.2) is 0 Å². The highest BCUT2D eigenvalue weighted by Gasteiger charge is 2.21. The lowest BCUT2D eigenvalue weighted by Gasteiger charge is -2.36. The Morgan fingerprint density at radius 1 is 1.00 bits per heavy atom. The lowest BCUT2D eigenvalue weighted by Crippen LogP contribution is -2.51. The number of aromatic nitrogens is 1. The second-order valence-electron chi connectivity index (χ2n) is 6.77. The number of anilines is 1. The van der Waals surface area contributed by atoms with E-state index in [1.165, 1.54) is 23.1 Å². The lowest BCUT2D eigenvalue weighted by molar-refractivity contribution is -0.132. The highest BCUT2D eigenvalue weighted by Crippen LogP contribution is 2.22.